The molecule has 68 valence electrons. The van der Waals surface area contributed by atoms with Crippen LogP contribution < -0.4 is 11.5 Å². The van der Waals surface area contributed by atoms with Gasteiger partial charge in [-0.3, -0.25) is 0 Å². The number of aromatic nitrogens is 3. The van der Waals surface area contributed by atoms with Crippen molar-refractivity contribution in [2.45, 2.75) is 13.3 Å². The molecule has 1 rings (SSSR count). The summed E-state index contributed by atoms with van der Waals surface area (Å²) in [4.78, 5) is 11.4. The van der Waals surface area contributed by atoms with E-state index in [1.54, 1.807) is 0 Å². The average Bonchev–Trinajstić information content (AvgIpc) is 2.01. The third-order valence-corrected chi connectivity index (χ3v) is 1.26. The topological polar surface area (TPSA) is 85.7 Å². The van der Waals surface area contributed by atoms with Crippen molar-refractivity contribution >= 4 is 17.5 Å². The first kappa shape index (κ1) is 11.1. The Morgan fingerprint density at radius 2 is 2.25 bits per heavy atom. The van der Waals surface area contributed by atoms with Gasteiger partial charge in [-0.25, -0.2) is 9.97 Å². The molecule has 4 N–H and O–H groups in total. The van der Waals surface area contributed by atoms with Crippen LogP contribution in [0.3, 0.4) is 0 Å². The Morgan fingerprint density at radius 1 is 1.50 bits per heavy atom. The standard InChI is InChI=1S/C6H9ClN4.H3N/c1-2-3-8-6-10-4-9-5(7)11-6;/h4H,2-3H2,1H3,(H,8,9,10,11);1H3. The van der Waals surface area contributed by atoms with Crippen LogP contribution in [0.4, 0.5) is 5.95 Å². The first-order valence-corrected chi connectivity index (χ1v) is 3.79. The van der Waals surface area contributed by atoms with Crippen molar-refractivity contribution < 1.29 is 0 Å². The van der Waals surface area contributed by atoms with Crippen molar-refractivity contribution in [3.05, 3.63) is 11.6 Å². The fourth-order valence-corrected chi connectivity index (χ4v) is 0.722. The average molecular weight is 190 g/mol. The smallest absolute Gasteiger partial charge is 0.227 e. The van der Waals surface area contributed by atoms with Crippen LogP contribution in [-0.2, 0) is 0 Å². The van der Waals surface area contributed by atoms with E-state index in [1.807, 2.05) is 0 Å². The Kier molecular flexibility index (Phi) is 5.23. The first-order valence-electron chi connectivity index (χ1n) is 3.41. The maximum atomic E-state index is 5.52. The minimum atomic E-state index is 0. The zero-order valence-corrected chi connectivity index (χ0v) is 7.67. The summed E-state index contributed by atoms with van der Waals surface area (Å²) in [5.41, 5.74) is 0. The van der Waals surface area contributed by atoms with Crippen molar-refractivity contribution in [1.29, 1.82) is 0 Å². The van der Waals surface area contributed by atoms with Gasteiger partial charge in [-0.2, -0.15) is 4.98 Å². The monoisotopic (exact) mass is 189 g/mol. The van der Waals surface area contributed by atoms with Crippen LogP contribution in [0.2, 0.25) is 5.28 Å². The number of rotatable bonds is 3. The highest BCUT2D eigenvalue weighted by Gasteiger charge is 1.94. The van der Waals surface area contributed by atoms with Crippen molar-refractivity contribution in [2.24, 2.45) is 0 Å². The van der Waals surface area contributed by atoms with Gasteiger partial charge in [0.25, 0.3) is 0 Å². The zero-order valence-electron chi connectivity index (χ0n) is 6.92. The van der Waals surface area contributed by atoms with Crippen molar-refractivity contribution in [3.8, 4) is 0 Å². The molecular weight excluding hydrogens is 178 g/mol. The van der Waals surface area contributed by atoms with Crippen LogP contribution in [0.15, 0.2) is 6.33 Å². The molecule has 12 heavy (non-hydrogen) atoms. The van der Waals surface area contributed by atoms with Gasteiger partial charge in [-0.15, -0.1) is 0 Å². The molecule has 0 unspecified atom stereocenters. The Balaban J connectivity index is 0.00000121. The lowest BCUT2D eigenvalue weighted by molar-refractivity contribution is 0.938. The molecule has 0 radical (unpaired) electrons. The van der Waals surface area contributed by atoms with E-state index in [4.69, 9.17) is 11.6 Å². The molecule has 0 amide bonds. The molecule has 0 aliphatic rings. The molecule has 0 atom stereocenters. The lowest BCUT2D eigenvalue weighted by Crippen LogP contribution is -2.04. The van der Waals surface area contributed by atoms with Crippen LogP contribution >= 0.6 is 11.6 Å². The van der Waals surface area contributed by atoms with E-state index in [0.717, 1.165) is 13.0 Å². The van der Waals surface area contributed by atoms with Crippen LogP contribution in [0.25, 0.3) is 0 Å². The summed E-state index contributed by atoms with van der Waals surface area (Å²) < 4.78 is 0. The second-order valence-electron chi connectivity index (χ2n) is 2.00. The summed E-state index contributed by atoms with van der Waals surface area (Å²) in [5, 5.41) is 3.21. The third kappa shape index (κ3) is 3.45. The van der Waals surface area contributed by atoms with Gasteiger partial charge in [-0.1, -0.05) is 6.92 Å². The maximum Gasteiger partial charge on any atom is 0.227 e. The molecule has 0 aliphatic heterocycles. The van der Waals surface area contributed by atoms with E-state index in [2.05, 4.69) is 27.2 Å². The van der Waals surface area contributed by atoms with Crippen LogP contribution in [-0.4, -0.2) is 21.5 Å². The number of anilines is 1. The number of nitrogens with zero attached hydrogens (tertiary/aromatic N) is 3. The van der Waals surface area contributed by atoms with Crippen LogP contribution in [0.5, 0.6) is 0 Å². The highest BCUT2D eigenvalue weighted by molar-refractivity contribution is 6.28. The van der Waals surface area contributed by atoms with Gasteiger partial charge in [0.05, 0.1) is 0 Å². The number of halogens is 1. The van der Waals surface area contributed by atoms with Gasteiger partial charge in [0.2, 0.25) is 11.2 Å². The van der Waals surface area contributed by atoms with Crippen LogP contribution in [0, 0.1) is 0 Å². The molecule has 6 heteroatoms. The normalized spacial score (nSPS) is 8.83. The molecule has 0 fully saturated rings. The fourth-order valence-electron chi connectivity index (χ4n) is 0.598. The van der Waals surface area contributed by atoms with Crippen molar-refractivity contribution in [2.75, 3.05) is 11.9 Å². The molecule has 1 aromatic rings. The lowest BCUT2D eigenvalue weighted by Gasteiger charge is -1.99. The zero-order chi connectivity index (χ0) is 8.10. The molecule has 0 bridgehead atoms. The molecule has 0 aliphatic carbocycles. The summed E-state index contributed by atoms with van der Waals surface area (Å²) in [6, 6.07) is 0. The summed E-state index contributed by atoms with van der Waals surface area (Å²) in [6.07, 6.45) is 2.41. The minimum Gasteiger partial charge on any atom is -0.354 e. The van der Waals surface area contributed by atoms with Gasteiger partial charge in [-0.05, 0) is 18.0 Å². The predicted octanol–water partition coefficient (Wildman–Crippen LogP) is 1.51. The highest BCUT2D eigenvalue weighted by atomic mass is 35.5. The molecule has 0 spiro atoms. The van der Waals surface area contributed by atoms with E-state index >= 15 is 0 Å². The highest BCUT2D eigenvalue weighted by Crippen LogP contribution is 2.01. The quantitative estimate of drug-likeness (QED) is 0.753. The molecule has 0 aromatic carbocycles. The second-order valence-corrected chi connectivity index (χ2v) is 2.34. The van der Waals surface area contributed by atoms with E-state index < -0.39 is 0 Å². The number of nitrogens with one attached hydrogen (secondary N) is 1. The lowest BCUT2D eigenvalue weighted by atomic mass is 10.5. The molecule has 0 saturated carbocycles. The SMILES string of the molecule is CCCNc1ncnc(Cl)n1.N. The summed E-state index contributed by atoms with van der Waals surface area (Å²) in [7, 11) is 0. The summed E-state index contributed by atoms with van der Waals surface area (Å²) >= 11 is 5.52. The Bertz CT molecular complexity index is 229. The van der Waals surface area contributed by atoms with E-state index in [0.29, 0.717) is 5.95 Å². The predicted molar refractivity (Wildman–Crippen MR) is 48.6 cm³/mol. The third-order valence-electron chi connectivity index (χ3n) is 1.08. The largest absolute Gasteiger partial charge is 0.354 e. The van der Waals surface area contributed by atoms with E-state index in [9.17, 15) is 0 Å². The fraction of sp³-hybridized carbons (Fsp3) is 0.500. The Morgan fingerprint density at radius 3 is 2.83 bits per heavy atom. The Labute approximate surface area is 76.2 Å². The second kappa shape index (κ2) is 5.68. The first-order chi connectivity index (χ1) is 5.33. The summed E-state index contributed by atoms with van der Waals surface area (Å²) in [6.45, 7) is 2.91. The van der Waals surface area contributed by atoms with E-state index in [-0.39, 0.29) is 11.4 Å². The molecular formula is C6H12ClN5. The van der Waals surface area contributed by atoms with Crippen LogP contribution in [0.1, 0.15) is 13.3 Å². The molecule has 1 aromatic heterocycles. The van der Waals surface area contributed by atoms with Gasteiger partial charge in [0.15, 0.2) is 0 Å². The number of hydrogen-bond acceptors (Lipinski definition) is 5. The molecule has 0 saturated heterocycles. The Hall–Kier alpha value is -0.940. The molecule has 1 heterocycles. The molecule has 5 nitrogen and oxygen atoms in total. The number of hydrogen-bond donors (Lipinski definition) is 2. The van der Waals surface area contributed by atoms with Gasteiger partial charge in [0, 0.05) is 6.54 Å². The van der Waals surface area contributed by atoms with Gasteiger partial charge >= 0.3 is 0 Å². The minimum absolute atomic E-state index is 0. The van der Waals surface area contributed by atoms with Gasteiger partial charge < -0.3 is 11.5 Å². The van der Waals surface area contributed by atoms with E-state index in [1.165, 1.54) is 6.33 Å². The summed E-state index contributed by atoms with van der Waals surface area (Å²) in [5.74, 6) is 0.534. The van der Waals surface area contributed by atoms with Crippen molar-refractivity contribution in [3.63, 3.8) is 0 Å². The maximum absolute atomic E-state index is 5.52. The van der Waals surface area contributed by atoms with Gasteiger partial charge in [0.1, 0.15) is 6.33 Å². The van der Waals surface area contributed by atoms with Crippen molar-refractivity contribution in [1.82, 2.24) is 21.1 Å².